The van der Waals surface area contributed by atoms with Crippen LogP contribution in [-0.4, -0.2) is 24.8 Å². The van der Waals surface area contributed by atoms with Gasteiger partial charge in [-0.1, -0.05) is 20.8 Å². The molecule has 0 bridgehead atoms. The van der Waals surface area contributed by atoms with Crippen molar-refractivity contribution in [1.82, 2.24) is 5.32 Å². The van der Waals surface area contributed by atoms with E-state index in [1.54, 1.807) is 0 Å². The highest BCUT2D eigenvalue weighted by Crippen LogP contribution is 2.39. The summed E-state index contributed by atoms with van der Waals surface area (Å²) in [5, 5.41) is 3.41. The van der Waals surface area contributed by atoms with Gasteiger partial charge in [0.2, 0.25) is 0 Å². The monoisotopic (exact) mass is 227 g/mol. The molecule has 0 aromatic heterocycles. The Balaban J connectivity index is 2.29. The number of ether oxygens (including phenoxy) is 1. The Labute approximate surface area is 101 Å². The van der Waals surface area contributed by atoms with E-state index in [1.165, 1.54) is 32.1 Å². The molecule has 0 aromatic rings. The van der Waals surface area contributed by atoms with Crippen molar-refractivity contribution in [2.24, 2.45) is 5.92 Å². The molecule has 0 amide bonds. The van der Waals surface area contributed by atoms with E-state index in [2.05, 4.69) is 33.0 Å². The average Bonchev–Trinajstić information content (AvgIpc) is 2.12. The van der Waals surface area contributed by atoms with Crippen LogP contribution in [0.1, 0.15) is 59.8 Å². The van der Waals surface area contributed by atoms with Gasteiger partial charge in [0.15, 0.2) is 0 Å². The standard InChI is InChI=1S/C14H29NO/c1-5-15-10-9-14(7-6-8-14)16-13(4)11-12(2)3/h12-13,15H,5-11H2,1-4H3. The van der Waals surface area contributed by atoms with Crippen LogP contribution >= 0.6 is 0 Å². The first-order valence-corrected chi connectivity index (χ1v) is 6.96. The predicted octanol–water partition coefficient (Wildman–Crippen LogP) is 3.36. The fraction of sp³-hybridized carbons (Fsp3) is 1.00. The van der Waals surface area contributed by atoms with Crippen molar-refractivity contribution in [3.63, 3.8) is 0 Å². The lowest BCUT2D eigenvalue weighted by molar-refractivity contribution is -0.141. The Morgan fingerprint density at radius 3 is 2.38 bits per heavy atom. The van der Waals surface area contributed by atoms with E-state index in [0.29, 0.717) is 6.10 Å². The molecule has 1 atom stereocenters. The largest absolute Gasteiger partial charge is 0.372 e. The normalized spacial score (nSPS) is 20.8. The van der Waals surface area contributed by atoms with Gasteiger partial charge in [-0.3, -0.25) is 0 Å². The quantitative estimate of drug-likeness (QED) is 0.642. The maximum atomic E-state index is 6.29. The van der Waals surface area contributed by atoms with Gasteiger partial charge < -0.3 is 10.1 Å². The van der Waals surface area contributed by atoms with E-state index in [1.807, 2.05) is 0 Å². The second-order valence-electron chi connectivity index (χ2n) is 5.70. The fourth-order valence-electron chi connectivity index (χ4n) is 2.63. The van der Waals surface area contributed by atoms with E-state index in [0.717, 1.165) is 19.0 Å². The third-order valence-electron chi connectivity index (χ3n) is 3.53. The first-order chi connectivity index (χ1) is 7.58. The summed E-state index contributed by atoms with van der Waals surface area (Å²) in [6.45, 7) is 11.1. The van der Waals surface area contributed by atoms with Gasteiger partial charge in [0.05, 0.1) is 11.7 Å². The van der Waals surface area contributed by atoms with Crippen LogP contribution in [0, 0.1) is 5.92 Å². The highest BCUT2D eigenvalue weighted by molar-refractivity contribution is 4.91. The Morgan fingerprint density at radius 1 is 1.25 bits per heavy atom. The lowest BCUT2D eigenvalue weighted by atomic mass is 9.77. The maximum absolute atomic E-state index is 6.29. The van der Waals surface area contributed by atoms with Crippen molar-refractivity contribution < 1.29 is 4.74 Å². The zero-order valence-electron chi connectivity index (χ0n) is 11.5. The van der Waals surface area contributed by atoms with E-state index >= 15 is 0 Å². The molecule has 0 heterocycles. The number of hydrogen-bond donors (Lipinski definition) is 1. The summed E-state index contributed by atoms with van der Waals surface area (Å²) in [6, 6.07) is 0. The SMILES string of the molecule is CCNCCC1(OC(C)CC(C)C)CCC1. The van der Waals surface area contributed by atoms with Crippen LogP contribution in [0.5, 0.6) is 0 Å². The molecule has 0 aromatic carbocycles. The van der Waals surface area contributed by atoms with Gasteiger partial charge in [-0.2, -0.15) is 0 Å². The third kappa shape index (κ3) is 4.42. The summed E-state index contributed by atoms with van der Waals surface area (Å²) in [7, 11) is 0. The van der Waals surface area contributed by atoms with E-state index in [4.69, 9.17) is 4.74 Å². The lowest BCUT2D eigenvalue weighted by Crippen LogP contribution is -2.45. The van der Waals surface area contributed by atoms with E-state index in [-0.39, 0.29) is 5.60 Å². The molecular weight excluding hydrogens is 198 g/mol. The second kappa shape index (κ2) is 6.61. The summed E-state index contributed by atoms with van der Waals surface area (Å²) >= 11 is 0. The molecule has 1 saturated carbocycles. The molecule has 2 nitrogen and oxygen atoms in total. The van der Waals surface area contributed by atoms with Crippen LogP contribution < -0.4 is 5.32 Å². The minimum absolute atomic E-state index is 0.219. The van der Waals surface area contributed by atoms with Crippen LogP contribution in [0.15, 0.2) is 0 Å². The van der Waals surface area contributed by atoms with Gasteiger partial charge >= 0.3 is 0 Å². The first kappa shape index (κ1) is 14.0. The number of rotatable bonds is 8. The second-order valence-corrected chi connectivity index (χ2v) is 5.70. The Hall–Kier alpha value is -0.0800. The van der Waals surface area contributed by atoms with Crippen LogP contribution in [0.3, 0.4) is 0 Å². The van der Waals surface area contributed by atoms with Crippen molar-refractivity contribution in [2.45, 2.75) is 71.5 Å². The van der Waals surface area contributed by atoms with Crippen molar-refractivity contribution in [2.75, 3.05) is 13.1 Å². The molecule has 0 radical (unpaired) electrons. The smallest absolute Gasteiger partial charge is 0.0698 e. The van der Waals surface area contributed by atoms with Crippen molar-refractivity contribution in [3.05, 3.63) is 0 Å². The minimum Gasteiger partial charge on any atom is -0.372 e. The van der Waals surface area contributed by atoms with Gasteiger partial charge in [0, 0.05) is 0 Å². The van der Waals surface area contributed by atoms with Crippen molar-refractivity contribution in [3.8, 4) is 0 Å². The number of nitrogens with one attached hydrogen (secondary N) is 1. The van der Waals surface area contributed by atoms with Gasteiger partial charge in [0.25, 0.3) is 0 Å². The van der Waals surface area contributed by atoms with Gasteiger partial charge in [-0.15, -0.1) is 0 Å². The zero-order chi connectivity index (χ0) is 12.0. The maximum Gasteiger partial charge on any atom is 0.0698 e. The first-order valence-electron chi connectivity index (χ1n) is 6.96. The molecule has 96 valence electrons. The molecule has 2 heteroatoms. The van der Waals surface area contributed by atoms with Crippen LogP contribution in [0.4, 0.5) is 0 Å². The van der Waals surface area contributed by atoms with E-state index < -0.39 is 0 Å². The highest BCUT2D eigenvalue weighted by atomic mass is 16.5. The summed E-state index contributed by atoms with van der Waals surface area (Å²) in [5.41, 5.74) is 0.219. The van der Waals surface area contributed by atoms with Gasteiger partial charge in [0.1, 0.15) is 0 Å². The van der Waals surface area contributed by atoms with Crippen molar-refractivity contribution in [1.29, 1.82) is 0 Å². The molecular formula is C14H29NO. The topological polar surface area (TPSA) is 21.3 Å². The molecule has 1 N–H and O–H groups in total. The summed E-state index contributed by atoms with van der Waals surface area (Å²) in [6.07, 6.45) is 6.66. The van der Waals surface area contributed by atoms with Crippen LogP contribution in [0.2, 0.25) is 0 Å². The Kier molecular flexibility index (Phi) is 5.77. The molecule has 0 saturated heterocycles. The van der Waals surface area contributed by atoms with E-state index in [9.17, 15) is 0 Å². The third-order valence-corrected chi connectivity index (χ3v) is 3.53. The van der Waals surface area contributed by atoms with Gasteiger partial charge in [-0.25, -0.2) is 0 Å². The molecule has 1 fully saturated rings. The molecule has 1 unspecified atom stereocenters. The molecule has 16 heavy (non-hydrogen) atoms. The summed E-state index contributed by atoms with van der Waals surface area (Å²) in [4.78, 5) is 0. The average molecular weight is 227 g/mol. The minimum atomic E-state index is 0.219. The fourth-order valence-corrected chi connectivity index (χ4v) is 2.63. The molecule has 0 aliphatic heterocycles. The zero-order valence-corrected chi connectivity index (χ0v) is 11.5. The Bertz CT molecular complexity index is 187. The molecule has 1 aliphatic carbocycles. The van der Waals surface area contributed by atoms with Crippen LogP contribution in [0.25, 0.3) is 0 Å². The summed E-state index contributed by atoms with van der Waals surface area (Å²) < 4.78 is 6.29. The van der Waals surface area contributed by atoms with Gasteiger partial charge in [-0.05, 0) is 58.0 Å². The number of hydrogen-bond acceptors (Lipinski definition) is 2. The molecule has 0 spiro atoms. The lowest BCUT2D eigenvalue weighted by Gasteiger charge is -2.44. The highest BCUT2D eigenvalue weighted by Gasteiger charge is 2.38. The van der Waals surface area contributed by atoms with Crippen molar-refractivity contribution >= 4 is 0 Å². The molecule has 1 rings (SSSR count). The summed E-state index contributed by atoms with van der Waals surface area (Å²) in [5.74, 6) is 0.737. The Morgan fingerprint density at radius 2 is 1.94 bits per heavy atom. The predicted molar refractivity (Wildman–Crippen MR) is 69.7 cm³/mol. The van der Waals surface area contributed by atoms with Crippen LogP contribution in [-0.2, 0) is 4.74 Å². The molecule has 1 aliphatic rings.